The van der Waals surface area contributed by atoms with Crippen molar-refractivity contribution < 1.29 is 4.74 Å². The zero-order valence-corrected chi connectivity index (χ0v) is 42.9. The standard InChI is InChI=1S/C73H57N3O/c1-3-14-58(15-4-1)64-19-7-10-22-69(64)74(63-42-35-55(36-43-63)52-29-31-57(32-30-52)59-39-46-73-68(50-59)66-21-9-12-24-71(66)75(73)60-16-5-2-6-17-60)62-40-33-54(34-41-62)51-25-27-53(28-26-51)56-37-44-67-65-20-8-11-23-70(65)76(72(67)45-38-56)61-18-13-48-77-49-47-61/h1-8,10-20,23-47,50,67,69H,9,21-22,48-49H2. The van der Waals surface area contributed by atoms with Crippen molar-refractivity contribution in [2.45, 2.75) is 31.2 Å². The van der Waals surface area contributed by atoms with Crippen LogP contribution in [-0.2, 0) is 11.2 Å². The molecule has 0 radical (unpaired) electrons. The van der Waals surface area contributed by atoms with E-state index in [0.29, 0.717) is 13.2 Å². The second kappa shape index (κ2) is 20.1. The van der Waals surface area contributed by atoms with Crippen LogP contribution in [-0.4, -0.2) is 23.8 Å². The average Bonchev–Trinajstić information content (AvgIpc) is 3.81. The fourth-order valence-corrected chi connectivity index (χ4v) is 12.3. The highest BCUT2D eigenvalue weighted by atomic mass is 16.5. The molecule has 9 aromatic rings. The lowest BCUT2D eigenvalue weighted by Gasteiger charge is -2.36. The summed E-state index contributed by atoms with van der Waals surface area (Å²) in [4.78, 5) is 4.93. The van der Waals surface area contributed by atoms with Crippen LogP contribution in [0.2, 0.25) is 0 Å². The van der Waals surface area contributed by atoms with Crippen molar-refractivity contribution in [3.05, 3.63) is 306 Å². The van der Waals surface area contributed by atoms with Gasteiger partial charge in [-0.05, 0) is 165 Å². The predicted octanol–water partition coefficient (Wildman–Crippen LogP) is 18.1. The number of ether oxygens (including phenoxy) is 1. The van der Waals surface area contributed by atoms with Crippen LogP contribution in [0.4, 0.5) is 17.1 Å². The van der Waals surface area contributed by atoms with E-state index in [1.807, 2.05) is 0 Å². The van der Waals surface area contributed by atoms with Gasteiger partial charge in [-0.15, -0.1) is 0 Å². The van der Waals surface area contributed by atoms with Crippen LogP contribution in [0.25, 0.3) is 67.2 Å². The summed E-state index contributed by atoms with van der Waals surface area (Å²) in [5, 5.41) is 1.34. The minimum atomic E-state index is 0.103. The van der Waals surface area contributed by atoms with Crippen LogP contribution in [0.3, 0.4) is 0 Å². The summed E-state index contributed by atoms with van der Waals surface area (Å²) in [6.07, 6.45) is 30.2. The van der Waals surface area contributed by atoms with E-state index in [4.69, 9.17) is 4.74 Å². The molecule has 0 fully saturated rings. The van der Waals surface area contributed by atoms with Gasteiger partial charge < -0.3 is 19.1 Å². The van der Waals surface area contributed by atoms with Crippen LogP contribution in [0, 0.1) is 0 Å². The molecule has 3 heterocycles. The summed E-state index contributed by atoms with van der Waals surface area (Å²) in [6.45, 7) is 1.23. The number of aromatic nitrogens is 1. The van der Waals surface area contributed by atoms with Gasteiger partial charge in [0.05, 0.1) is 30.5 Å². The Bertz CT molecular complexity index is 3940. The molecule has 3 aliphatic carbocycles. The Morgan fingerprint density at radius 1 is 0.506 bits per heavy atom. The summed E-state index contributed by atoms with van der Waals surface area (Å²) < 4.78 is 8.16. The summed E-state index contributed by atoms with van der Waals surface area (Å²) in [5.74, 6) is 0.173. The first-order valence-electron chi connectivity index (χ1n) is 27.2. The molecular weight excluding hydrogens is 935 g/mol. The molecule has 1 aromatic heterocycles. The molecule has 2 unspecified atom stereocenters. The number of allylic oxidation sites excluding steroid dienone is 9. The lowest BCUT2D eigenvalue weighted by Crippen LogP contribution is -2.32. The van der Waals surface area contributed by atoms with Crippen molar-refractivity contribution >= 4 is 45.2 Å². The fourth-order valence-electron chi connectivity index (χ4n) is 12.3. The van der Waals surface area contributed by atoms with Gasteiger partial charge in [-0.25, -0.2) is 0 Å². The first kappa shape index (κ1) is 46.3. The molecule has 2 atom stereocenters. The molecule has 0 saturated heterocycles. The zero-order valence-electron chi connectivity index (χ0n) is 42.9. The number of benzene rings is 8. The van der Waals surface area contributed by atoms with E-state index in [2.05, 4.69) is 287 Å². The van der Waals surface area contributed by atoms with Gasteiger partial charge in [-0.3, -0.25) is 0 Å². The van der Waals surface area contributed by atoms with Crippen LogP contribution >= 0.6 is 0 Å². The number of para-hydroxylation sites is 2. The van der Waals surface area contributed by atoms with Gasteiger partial charge in [-0.1, -0.05) is 194 Å². The Hall–Kier alpha value is -9.22. The van der Waals surface area contributed by atoms with E-state index in [9.17, 15) is 0 Å². The topological polar surface area (TPSA) is 20.6 Å². The molecule has 4 nitrogen and oxygen atoms in total. The second-order valence-corrected chi connectivity index (χ2v) is 20.5. The third-order valence-electron chi connectivity index (χ3n) is 16.1. The van der Waals surface area contributed by atoms with E-state index in [1.165, 1.54) is 100 Å². The van der Waals surface area contributed by atoms with Gasteiger partial charge in [0.25, 0.3) is 0 Å². The van der Waals surface area contributed by atoms with Crippen LogP contribution < -0.4 is 9.80 Å². The van der Waals surface area contributed by atoms with Crippen molar-refractivity contribution in [2.24, 2.45) is 0 Å². The Labute approximate surface area is 451 Å². The van der Waals surface area contributed by atoms with Crippen LogP contribution in [0.15, 0.2) is 278 Å². The van der Waals surface area contributed by atoms with Crippen molar-refractivity contribution in [3.8, 4) is 39.1 Å². The van der Waals surface area contributed by atoms with E-state index >= 15 is 0 Å². The molecule has 370 valence electrons. The molecule has 8 aromatic carbocycles. The van der Waals surface area contributed by atoms with Crippen LogP contribution in [0.5, 0.6) is 0 Å². The maximum Gasteiger partial charge on any atom is 0.0674 e. The molecule has 14 rings (SSSR count). The number of rotatable bonds is 10. The van der Waals surface area contributed by atoms with E-state index in [0.717, 1.165) is 36.3 Å². The third-order valence-corrected chi connectivity index (χ3v) is 16.1. The highest BCUT2D eigenvalue weighted by molar-refractivity contribution is 5.94. The van der Waals surface area contributed by atoms with Crippen molar-refractivity contribution in [1.29, 1.82) is 0 Å². The van der Waals surface area contributed by atoms with Gasteiger partial charge in [0, 0.05) is 45.5 Å². The molecule has 5 aliphatic rings. The smallest absolute Gasteiger partial charge is 0.0674 e. The molecule has 0 saturated carbocycles. The molecule has 0 bridgehead atoms. The van der Waals surface area contributed by atoms with Gasteiger partial charge >= 0.3 is 0 Å². The summed E-state index contributed by atoms with van der Waals surface area (Å²) in [6, 6.07) is 74.0. The molecular formula is C73H57N3O. The van der Waals surface area contributed by atoms with Gasteiger partial charge in [0.2, 0.25) is 0 Å². The molecule has 2 aliphatic heterocycles. The minimum Gasteiger partial charge on any atom is -0.373 e. The normalized spacial score (nSPS) is 17.4. The first-order valence-corrected chi connectivity index (χ1v) is 27.2. The second-order valence-electron chi connectivity index (χ2n) is 20.5. The number of fused-ring (bicyclic) bond motifs is 6. The highest BCUT2D eigenvalue weighted by Crippen LogP contribution is 2.48. The lowest BCUT2D eigenvalue weighted by molar-refractivity contribution is 0.195. The molecule has 0 spiro atoms. The summed E-state index contributed by atoms with van der Waals surface area (Å²) in [7, 11) is 0. The fraction of sp³-hybridized carbons (Fsp3) is 0.0959. The van der Waals surface area contributed by atoms with Crippen LogP contribution in [0.1, 0.15) is 46.7 Å². The number of hydrogen-bond donors (Lipinski definition) is 0. The molecule has 4 heteroatoms. The van der Waals surface area contributed by atoms with E-state index < -0.39 is 0 Å². The Morgan fingerprint density at radius 2 is 1.14 bits per heavy atom. The maximum absolute atomic E-state index is 5.74. The first-order chi connectivity index (χ1) is 38.2. The monoisotopic (exact) mass is 991 g/mol. The number of nitrogens with zero attached hydrogens (tertiary/aromatic N) is 3. The number of hydrogen-bond acceptors (Lipinski definition) is 3. The maximum atomic E-state index is 5.74. The van der Waals surface area contributed by atoms with Crippen molar-refractivity contribution in [2.75, 3.05) is 23.0 Å². The summed E-state index contributed by atoms with van der Waals surface area (Å²) in [5.41, 5.74) is 24.7. The summed E-state index contributed by atoms with van der Waals surface area (Å²) >= 11 is 0. The van der Waals surface area contributed by atoms with Crippen molar-refractivity contribution in [3.63, 3.8) is 0 Å². The average molecular weight is 992 g/mol. The Kier molecular flexibility index (Phi) is 12.1. The Morgan fingerprint density at radius 3 is 1.87 bits per heavy atom. The predicted molar refractivity (Wildman–Crippen MR) is 322 cm³/mol. The zero-order chi connectivity index (χ0) is 51.1. The van der Waals surface area contributed by atoms with E-state index in [-0.39, 0.29) is 12.0 Å². The van der Waals surface area contributed by atoms with Gasteiger partial charge in [-0.2, -0.15) is 0 Å². The van der Waals surface area contributed by atoms with Crippen molar-refractivity contribution in [1.82, 2.24) is 4.57 Å². The quantitative estimate of drug-likeness (QED) is 0.136. The Balaban J connectivity index is 0.736. The molecule has 77 heavy (non-hydrogen) atoms. The van der Waals surface area contributed by atoms with Gasteiger partial charge in [0.1, 0.15) is 0 Å². The lowest BCUT2D eigenvalue weighted by atomic mass is 9.90. The largest absolute Gasteiger partial charge is 0.373 e. The third kappa shape index (κ3) is 8.67. The highest BCUT2D eigenvalue weighted by Gasteiger charge is 2.34. The van der Waals surface area contributed by atoms with E-state index in [1.54, 1.807) is 0 Å². The van der Waals surface area contributed by atoms with Gasteiger partial charge in [0.15, 0.2) is 0 Å². The minimum absolute atomic E-state index is 0.103. The number of anilines is 3. The molecule has 0 amide bonds. The molecule has 0 N–H and O–H groups in total. The SMILES string of the molecule is C1=CCC(N(c2ccc(-c3ccc(C4=CC=C5C(C=C4)c4ccccc4N5C4=CCOCC=C4)cc3)cc2)c2ccc(-c3ccc(-c4ccc5c(c4)c4c(n5-c5ccccc5)C=CCC4)cc3)cc2)C(c2ccccc2)=C1. The number of aryl methyl sites for hydroxylation is 1.